The lowest BCUT2D eigenvalue weighted by Gasteiger charge is -2.14. The zero-order valence-corrected chi connectivity index (χ0v) is 15.1. The van der Waals surface area contributed by atoms with Crippen molar-refractivity contribution in [3.8, 4) is 5.75 Å². The third-order valence-corrected chi connectivity index (χ3v) is 4.86. The summed E-state index contributed by atoms with van der Waals surface area (Å²) >= 11 is 0. The Morgan fingerprint density at radius 2 is 1.71 bits per heavy atom. The highest BCUT2D eigenvalue weighted by atomic mass is 35.5. The van der Waals surface area contributed by atoms with Gasteiger partial charge >= 0.3 is 0 Å². The summed E-state index contributed by atoms with van der Waals surface area (Å²) in [6.45, 7) is 0. The molecule has 0 unspecified atom stereocenters. The number of sulfonamides is 1. The Morgan fingerprint density at radius 3 is 2.29 bits per heavy atom. The van der Waals surface area contributed by atoms with Crippen molar-refractivity contribution in [2.24, 2.45) is 5.73 Å². The lowest BCUT2D eigenvalue weighted by molar-refractivity contribution is 0.415. The first-order valence-corrected chi connectivity index (χ1v) is 9.08. The van der Waals surface area contributed by atoms with E-state index in [1.807, 2.05) is 30.3 Å². The van der Waals surface area contributed by atoms with Gasteiger partial charge in [0.05, 0.1) is 12.9 Å². The predicted octanol–water partition coefficient (Wildman–Crippen LogP) is 2.82. The lowest BCUT2D eigenvalue weighted by Crippen LogP contribution is -2.33. The van der Waals surface area contributed by atoms with Crippen molar-refractivity contribution in [3.63, 3.8) is 0 Å². The van der Waals surface area contributed by atoms with Crippen LogP contribution in [-0.2, 0) is 16.4 Å². The molecule has 0 saturated heterocycles. The van der Waals surface area contributed by atoms with Gasteiger partial charge in [-0.3, -0.25) is 4.72 Å². The number of anilines is 1. The van der Waals surface area contributed by atoms with E-state index in [2.05, 4.69) is 4.72 Å². The van der Waals surface area contributed by atoms with Gasteiger partial charge < -0.3 is 10.5 Å². The summed E-state index contributed by atoms with van der Waals surface area (Å²) < 4.78 is 31.9. The maximum atomic E-state index is 12.2. The third kappa shape index (κ3) is 6.78. The van der Waals surface area contributed by atoms with Crippen molar-refractivity contribution < 1.29 is 13.2 Å². The van der Waals surface area contributed by atoms with Crippen molar-refractivity contribution in [1.29, 1.82) is 0 Å². The number of methoxy groups -OCH3 is 1. The summed E-state index contributed by atoms with van der Waals surface area (Å²) in [7, 11) is -1.91. The predicted molar refractivity (Wildman–Crippen MR) is 100 cm³/mol. The Labute approximate surface area is 149 Å². The van der Waals surface area contributed by atoms with Crippen LogP contribution in [0.25, 0.3) is 0 Å². The van der Waals surface area contributed by atoms with Gasteiger partial charge in [0.25, 0.3) is 0 Å². The molecule has 0 aliphatic rings. The Bertz CT molecular complexity index is 706. The SMILES string of the molecule is COc1ccc(NS(=O)(=O)C[C@@H](N)CCc2ccccc2)cc1.Cl. The molecule has 0 amide bonds. The molecule has 1 atom stereocenters. The zero-order chi connectivity index (χ0) is 16.7. The quantitative estimate of drug-likeness (QED) is 0.748. The van der Waals surface area contributed by atoms with E-state index in [4.69, 9.17) is 10.5 Å². The van der Waals surface area contributed by atoms with Gasteiger partial charge in [0.15, 0.2) is 0 Å². The Balaban J connectivity index is 0.00000288. The molecular weight excluding hydrogens is 348 g/mol. The second kappa shape index (κ2) is 9.52. The van der Waals surface area contributed by atoms with Gasteiger partial charge in [0, 0.05) is 11.7 Å². The highest BCUT2D eigenvalue weighted by Crippen LogP contribution is 2.16. The lowest BCUT2D eigenvalue weighted by atomic mass is 10.1. The largest absolute Gasteiger partial charge is 0.497 e. The van der Waals surface area contributed by atoms with Crippen LogP contribution in [0.4, 0.5) is 5.69 Å². The Hall–Kier alpha value is -1.76. The molecule has 2 rings (SSSR count). The summed E-state index contributed by atoms with van der Waals surface area (Å²) in [5.74, 6) is 0.568. The molecule has 0 heterocycles. The molecule has 0 saturated carbocycles. The summed E-state index contributed by atoms with van der Waals surface area (Å²) in [6.07, 6.45) is 1.38. The number of rotatable bonds is 8. The molecule has 3 N–H and O–H groups in total. The molecule has 2 aromatic carbocycles. The smallest absolute Gasteiger partial charge is 0.234 e. The maximum absolute atomic E-state index is 12.2. The van der Waals surface area contributed by atoms with Crippen LogP contribution in [0.15, 0.2) is 54.6 Å². The Kier molecular flexibility index (Phi) is 8.04. The van der Waals surface area contributed by atoms with Crippen molar-refractivity contribution in [2.75, 3.05) is 17.6 Å². The first-order valence-electron chi connectivity index (χ1n) is 7.42. The fourth-order valence-electron chi connectivity index (χ4n) is 2.24. The fourth-order valence-corrected chi connectivity index (χ4v) is 3.55. The zero-order valence-electron chi connectivity index (χ0n) is 13.5. The number of aryl methyl sites for hydroxylation is 1. The van der Waals surface area contributed by atoms with E-state index >= 15 is 0 Å². The Morgan fingerprint density at radius 1 is 1.08 bits per heavy atom. The molecule has 0 aliphatic heterocycles. The van der Waals surface area contributed by atoms with E-state index < -0.39 is 16.1 Å². The average Bonchev–Trinajstić information content (AvgIpc) is 2.54. The minimum Gasteiger partial charge on any atom is -0.497 e. The van der Waals surface area contributed by atoms with Crippen molar-refractivity contribution >= 4 is 28.1 Å². The highest BCUT2D eigenvalue weighted by molar-refractivity contribution is 7.92. The molecule has 0 aromatic heterocycles. The molecule has 2 aromatic rings. The van der Waals surface area contributed by atoms with Crippen LogP contribution in [0.1, 0.15) is 12.0 Å². The summed E-state index contributed by atoms with van der Waals surface area (Å²) in [5, 5.41) is 0. The van der Waals surface area contributed by atoms with E-state index in [1.54, 1.807) is 31.4 Å². The molecule has 7 heteroatoms. The molecule has 132 valence electrons. The summed E-state index contributed by atoms with van der Waals surface area (Å²) in [5.41, 5.74) is 7.62. The van der Waals surface area contributed by atoms with Gasteiger partial charge in [-0.1, -0.05) is 30.3 Å². The van der Waals surface area contributed by atoms with E-state index in [-0.39, 0.29) is 18.2 Å². The fraction of sp³-hybridized carbons (Fsp3) is 0.294. The normalized spacial score (nSPS) is 12.1. The van der Waals surface area contributed by atoms with Gasteiger partial charge in [-0.15, -0.1) is 12.4 Å². The van der Waals surface area contributed by atoms with Gasteiger partial charge in [0.2, 0.25) is 10.0 Å². The summed E-state index contributed by atoms with van der Waals surface area (Å²) in [6, 6.07) is 16.2. The van der Waals surface area contributed by atoms with Gasteiger partial charge in [0.1, 0.15) is 5.75 Å². The molecule has 0 fully saturated rings. The number of nitrogens with one attached hydrogen (secondary N) is 1. The molecule has 0 spiro atoms. The van der Waals surface area contributed by atoms with Crippen LogP contribution in [0.3, 0.4) is 0 Å². The highest BCUT2D eigenvalue weighted by Gasteiger charge is 2.16. The summed E-state index contributed by atoms with van der Waals surface area (Å²) in [4.78, 5) is 0. The third-order valence-electron chi connectivity index (χ3n) is 3.44. The van der Waals surface area contributed by atoms with E-state index in [9.17, 15) is 8.42 Å². The van der Waals surface area contributed by atoms with E-state index in [1.165, 1.54) is 0 Å². The first kappa shape index (κ1) is 20.3. The van der Waals surface area contributed by atoms with E-state index in [0.717, 1.165) is 12.0 Å². The monoisotopic (exact) mass is 370 g/mol. The number of nitrogens with two attached hydrogens (primary N) is 1. The van der Waals surface area contributed by atoms with Crippen LogP contribution < -0.4 is 15.2 Å². The van der Waals surface area contributed by atoms with E-state index in [0.29, 0.717) is 17.9 Å². The average molecular weight is 371 g/mol. The van der Waals surface area contributed by atoms with Gasteiger partial charge in [-0.25, -0.2) is 8.42 Å². The molecule has 24 heavy (non-hydrogen) atoms. The minimum absolute atomic E-state index is 0. The second-order valence-electron chi connectivity index (χ2n) is 5.40. The molecule has 0 bridgehead atoms. The van der Waals surface area contributed by atoms with Crippen LogP contribution in [0.5, 0.6) is 5.75 Å². The number of benzene rings is 2. The van der Waals surface area contributed by atoms with Gasteiger partial charge in [-0.2, -0.15) is 0 Å². The van der Waals surface area contributed by atoms with Crippen LogP contribution in [0, 0.1) is 0 Å². The molecule has 0 aliphatic carbocycles. The van der Waals surface area contributed by atoms with Gasteiger partial charge in [-0.05, 0) is 42.7 Å². The molecular formula is C17H23ClN2O3S. The van der Waals surface area contributed by atoms with Crippen LogP contribution in [0.2, 0.25) is 0 Å². The van der Waals surface area contributed by atoms with Crippen molar-refractivity contribution in [3.05, 3.63) is 60.2 Å². The standard InChI is InChI=1S/C17H22N2O3S.ClH/c1-22-17-11-9-16(10-12-17)19-23(20,21)13-15(18)8-7-14-5-3-2-4-6-14;/h2-6,9-12,15,19H,7-8,13,18H2,1H3;1H/t15-;/m0./s1. The van der Waals surface area contributed by atoms with Crippen LogP contribution >= 0.6 is 12.4 Å². The number of hydrogen-bond donors (Lipinski definition) is 2. The topological polar surface area (TPSA) is 81.4 Å². The maximum Gasteiger partial charge on any atom is 0.234 e. The number of hydrogen-bond acceptors (Lipinski definition) is 4. The van der Waals surface area contributed by atoms with Crippen LogP contribution in [-0.4, -0.2) is 27.3 Å². The number of halogens is 1. The number of ether oxygens (including phenoxy) is 1. The first-order chi connectivity index (χ1) is 11.0. The molecule has 0 radical (unpaired) electrons. The van der Waals surface area contributed by atoms with Crippen molar-refractivity contribution in [1.82, 2.24) is 0 Å². The molecule has 5 nitrogen and oxygen atoms in total. The second-order valence-corrected chi connectivity index (χ2v) is 7.16. The minimum atomic E-state index is -3.47. The van der Waals surface area contributed by atoms with Crippen molar-refractivity contribution in [2.45, 2.75) is 18.9 Å².